The summed E-state index contributed by atoms with van der Waals surface area (Å²) in [4.78, 5) is 33.1. The van der Waals surface area contributed by atoms with E-state index in [0.29, 0.717) is 17.1 Å². The number of carbonyl (C=O) groups excluding carboxylic acids is 2. The van der Waals surface area contributed by atoms with E-state index >= 15 is 0 Å². The van der Waals surface area contributed by atoms with Crippen LogP contribution in [0.4, 0.5) is 11.5 Å². The molecule has 6 nitrogen and oxygen atoms in total. The van der Waals surface area contributed by atoms with Crippen molar-refractivity contribution >= 4 is 23.3 Å². The van der Waals surface area contributed by atoms with Crippen LogP contribution in [0.2, 0.25) is 0 Å². The first-order valence-corrected chi connectivity index (χ1v) is 9.28. The molecule has 0 spiro atoms. The molecule has 2 heterocycles. The molecular formula is C22H20N4O2. The number of hydrogen-bond donors (Lipinski definition) is 2. The summed E-state index contributed by atoms with van der Waals surface area (Å²) in [7, 11) is 0. The van der Waals surface area contributed by atoms with E-state index < -0.39 is 0 Å². The molecule has 0 bridgehead atoms. The van der Waals surface area contributed by atoms with Gasteiger partial charge in [-0.2, -0.15) is 0 Å². The minimum atomic E-state index is -0.284. The second-order valence-electron chi connectivity index (χ2n) is 6.83. The first kappa shape index (κ1) is 17.9. The standard InChI is InChI=1S/C22H20N4O2/c27-21(16-7-4-8-16)26-20-12-17(9-10-24-20)22(28)25-19-11-18(13-23-14-19)15-5-2-1-3-6-15/h1-3,5-6,9-14,16H,4,7-8H2,(H,25,28)(H,24,26,27). The van der Waals surface area contributed by atoms with Crippen LogP contribution in [0.3, 0.4) is 0 Å². The van der Waals surface area contributed by atoms with Crippen molar-refractivity contribution in [2.75, 3.05) is 10.6 Å². The fraction of sp³-hybridized carbons (Fsp3) is 0.182. The normalized spacial score (nSPS) is 13.4. The average molecular weight is 372 g/mol. The van der Waals surface area contributed by atoms with Crippen molar-refractivity contribution < 1.29 is 9.59 Å². The van der Waals surface area contributed by atoms with Crippen molar-refractivity contribution in [3.63, 3.8) is 0 Å². The molecule has 3 aromatic rings. The van der Waals surface area contributed by atoms with Gasteiger partial charge in [-0.1, -0.05) is 36.8 Å². The number of pyridine rings is 2. The van der Waals surface area contributed by atoms with Gasteiger partial charge in [0, 0.05) is 29.4 Å². The quantitative estimate of drug-likeness (QED) is 0.705. The van der Waals surface area contributed by atoms with Gasteiger partial charge in [0.15, 0.2) is 0 Å². The van der Waals surface area contributed by atoms with Crippen LogP contribution in [0.5, 0.6) is 0 Å². The lowest BCUT2D eigenvalue weighted by Crippen LogP contribution is -2.28. The Morgan fingerprint density at radius 3 is 2.50 bits per heavy atom. The van der Waals surface area contributed by atoms with Gasteiger partial charge >= 0.3 is 0 Å². The molecule has 0 saturated heterocycles. The summed E-state index contributed by atoms with van der Waals surface area (Å²) in [5.41, 5.74) is 2.96. The molecule has 4 rings (SSSR count). The number of nitrogens with zero attached hydrogens (tertiary/aromatic N) is 2. The maximum atomic E-state index is 12.6. The molecule has 6 heteroatoms. The highest BCUT2D eigenvalue weighted by Crippen LogP contribution is 2.27. The van der Waals surface area contributed by atoms with E-state index in [2.05, 4.69) is 20.6 Å². The molecule has 1 aromatic carbocycles. The lowest BCUT2D eigenvalue weighted by molar-refractivity contribution is -0.122. The van der Waals surface area contributed by atoms with Gasteiger partial charge in [-0.25, -0.2) is 4.98 Å². The molecule has 140 valence electrons. The van der Waals surface area contributed by atoms with E-state index in [4.69, 9.17) is 0 Å². The van der Waals surface area contributed by atoms with Crippen LogP contribution in [0.25, 0.3) is 11.1 Å². The zero-order chi connectivity index (χ0) is 19.3. The zero-order valence-electron chi connectivity index (χ0n) is 15.3. The Hall–Kier alpha value is -3.54. The molecule has 1 aliphatic rings. The summed E-state index contributed by atoms with van der Waals surface area (Å²) < 4.78 is 0. The minimum Gasteiger partial charge on any atom is -0.321 e. The zero-order valence-corrected chi connectivity index (χ0v) is 15.3. The van der Waals surface area contributed by atoms with E-state index in [1.165, 1.54) is 6.20 Å². The summed E-state index contributed by atoms with van der Waals surface area (Å²) in [5.74, 6) is 0.136. The second-order valence-corrected chi connectivity index (χ2v) is 6.83. The lowest BCUT2D eigenvalue weighted by atomic mass is 9.85. The fourth-order valence-electron chi connectivity index (χ4n) is 3.04. The molecule has 0 atom stereocenters. The molecule has 1 aliphatic carbocycles. The van der Waals surface area contributed by atoms with E-state index in [1.807, 2.05) is 36.4 Å². The predicted octanol–water partition coefficient (Wildman–Crippen LogP) is 4.13. The molecule has 0 radical (unpaired) electrons. The number of hydrogen-bond acceptors (Lipinski definition) is 4. The monoisotopic (exact) mass is 372 g/mol. The van der Waals surface area contributed by atoms with Gasteiger partial charge in [0.05, 0.1) is 11.9 Å². The van der Waals surface area contributed by atoms with Crippen molar-refractivity contribution in [3.05, 3.63) is 72.7 Å². The molecule has 1 saturated carbocycles. The third-order valence-corrected chi connectivity index (χ3v) is 4.85. The van der Waals surface area contributed by atoms with E-state index in [-0.39, 0.29) is 17.7 Å². The van der Waals surface area contributed by atoms with Gasteiger partial charge in [-0.3, -0.25) is 14.6 Å². The Balaban J connectivity index is 1.46. The fourth-order valence-corrected chi connectivity index (χ4v) is 3.04. The van der Waals surface area contributed by atoms with Gasteiger partial charge in [0.2, 0.25) is 5.91 Å². The van der Waals surface area contributed by atoms with Gasteiger partial charge in [-0.05, 0) is 36.6 Å². The second kappa shape index (κ2) is 8.00. The largest absolute Gasteiger partial charge is 0.321 e. The van der Waals surface area contributed by atoms with Crippen molar-refractivity contribution in [2.45, 2.75) is 19.3 Å². The maximum absolute atomic E-state index is 12.6. The summed E-state index contributed by atoms with van der Waals surface area (Å²) in [6.07, 6.45) is 7.79. The highest BCUT2D eigenvalue weighted by Gasteiger charge is 2.25. The van der Waals surface area contributed by atoms with Crippen LogP contribution in [0, 0.1) is 5.92 Å². The number of benzene rings is 1. The van der Waals surface area contributed by atoms with Crippen LogP contribution in [-0.2, 0) is 4.79 Å². The first-order valence-electron chi connectivity index (χ1n) is 9.28. The van der Waals surface area contributed by atoms with Gasteiger partial charge in [-0.15, -0.1) is 0 Å². The van der Waals surface area contributed by atoms with Crippen LogP contribution in [-0.4, -0.2) is 21.8 Å². The number of anilines is 2. The Morgan fingerprint density at radius 2 is 1.75 bits per heavy atom. The average Bonchev–Trinajstić information content (AvgIpc) is 2.68. The maximum Gasteiger partial charge on any atom is 0.255 e. The number of amides is 2. The Morgan fingerprint density at radius 1 is 0.929 bits per heavy atom. The molecule has 2 N–H and O–H groups in total. The molecule has 2 aromatic heterocycles. The topological polar surface area (TPSA) is 84.0 Å². The summed E-state index contributed by atoms with van der Waals surface area (Å²) in [5, 5.41) is 5.64. The lowest BCUT2D eigenvalue weighted by Gasteiger charge is -2.23. The highest BCUT2D eigenvalue weighted by atomic mass is 16.2. The van der Waals surface area contributed by atoms with Gasteiger partial charge in [0.1, 0.15) is 5.82 Å². The molecule has 1 fully saturated rings. The number of rotatable bonds is 5. The van der Waals surface area contributed by atoms with Gasteiger partial charge in [0.25, 0.3) is 5.91 Å². The van der Waals surface area contributed by atoms with Crippen molar-refractivity contribution in [2.24, 2.45) is 5.92 Å². The summed E-state index contributed by atoms with van der Waals surface area (Å²) in [6.45, 7) is 0. The van der Waals surface area contributed by atoms with Gasteiger partial charge < -0.3 is 10.6 Å². The summed E-state index contributed by atoms with van der Waals surface area (Å²) >= 11 is 0. The number of nitrogens with one attached hydrogen (secondary N) is 2. The molecular weight excluding hydrogens is 352 g/mol. The van der Waals surface area contributed by atoms with E-state index in [1.54, 1.807) is 24.5 Å². The SMILES string of the molecule is O=C(Nc1cncc(-c2ccccc2)c1)c1ccnc(NC(=O)C2CCC2)c1. The molecule has 0 unspecified atom stereocenters. The third kappa shape index (κ3) is 4.06. The first-order chi connectivity index (χ1) is 13.7. The van der Waals surface area contributed by atoms with Crippen LogP contribution < -0.4 is 10.6 Å². The van der Waals surface area contributed by atoms with Crippen LogP contribution >= 0.6 is 0 Å². The Kier molecular flexibility index (Phi) is 5.10. The molecule has 0 aliphatic heterocycles. The summed E-state index contributed by atoms with van der Waals surface area (Å²) in [6, 6.07) is 14.9. The smallest absolute Gasteiger partial charge is 0.255 e. The Bertz CT molecular complexity index is 1000. The van der Waals surface area contributed by atoms with Crippen LogP contribution in [0.15, 0.2) is 67.1 Å². The van der Waals surface area contributed by atoms with Crippen LogP contribution in [0.1, 0.15) is 29.6 Å². The number of carbonyl (C=O) groups is 2. The predicted molar refractivity (Wildman–Crippen MR) is 108 cm³/mol. The van der Waals surface area contributed by atoms with E-state index in [0.717, 1.165) is 30.4 Å². The third-order valence-electron chi connectivity index (χ3n) is 4.85. The Labute approximate surface area is 163 Å². The minimum absolute atomic E-state index is 0.0314. The van der Waals surface area contributed by atoms with Crippen molar-refractivity contribution in [1.82, 2.24) is 9.97 Å². The molecule has 28 heavy (non-hydrogen) atoms. The number of aromatic nitrogens is 2. The van der Waals surface area contributed by atoms with E-state index in [9.17, 15) is 9.59 Å². The highest BCUT2D eigenvalue weighted by molar-refractivity contribution is 6.05. The van der Waals surface area contributed by atoms with Crippen molar-refractivity contribution in [3.8, 4) is 11.1 Å². The van der Waals surface area contributed by atoms with Crippen molar-refractivity contribution in [1.29, 1.82) is 0 Å². The molecule has 2 amide bonds.